The van der Waals surface area contributed by atoms with Crippen molar-refractivity contribution in [3.8, 4) is 22.8 Å². The van der Waals surface area contributed by atoms with Crippen molar-refractivity contribution >= 4 is 21.8 Å². The summed E-state index contributed by atoms with van der Waals surface area (Å²) in [5.74, 6) is -0.210. The fourth-order valence-electron chi connectivity index (χ4n) is 2.99. The molecule has 0 saturated heterocycles. The first kappa shape index (κ1) is 16.1. The molecule has 0 aliphatic heterocycles. The summed E-state index contributed by atoms with van der Waals surface area (Å²) in [6.07, 6.45) is 1.33. The Labute approximate surface area is 154 Å². The monoisotopic (exact) mass is 375 g/mol. The number of hydrogen-bond acceptors (Lipinski definition) is 6. The molecule has 2 N–H and O–H groups in total. The molecule has 5 aromatic rings. The van der Waals surface area contributed by atoms with Crippen LogP contribution in [0.3, 0.4) is 0 Å². The normalized spacial score (nSPS) is 11.3. The lowest BCUT2D eigenvalue weighted by molar-refractivity contribution is 0.432. The van der Waals surface area contributed by atoms with Crippen molar-refractivity contribution < 1.29 is 8.91 Å². The van der Waals surface area contributed by atoms with Gasteiger partial charge in [-0.1, -0.05) is 5.16 Å². The molecule has 0 saturated carbocycles. The molecule has 0 aliphatic rings. The molecule has 0 aliphatic carbocycles. The molecule has 0 amide bonds. The fourth-order valence-corrected chi connectivity index (χ4v) is 2.99. The zero-order valence-electron chi connectivity index (χ0n) is 14.1. The third kappa shape index (κ3) is 2.57. The maximum Gasteiger partial charge on any atom is 0.263 e. The maximum atomic E-state index is 13.3. The van der Waals surface area contributed by atoms with Crippen LogP contribution in [0.2, 0.25) is 0 Å². The Morgan fingerprint density at radius 3 is 2.79 bits per heavy atom. The Morgan fingerprint density at radius 2 is 1.89 bits per heavy atom. The van der Waals surface area contributed by atoms with Crippen LogP contribution in [0, 0.1) is 5.82 Å². The molecule has 8 nitrogen and oxygen atoms in total. The molecule has 0 radical (unpaired) electrons. The van der Waals surface area contributed by atoms with E-state index in [0.29, 0.717) is 27.4 Å². The second-order valence-corrected chi connectivity index (χ2v) is 6.13. The predicted molar refractivity (Wildman–Crippen MR) is 99.2 cm³/mol. The number of fused-ring (bicyclic) bond motifs is 2. The number of rotatable bonds is 2. The van der Waals surface area contributed by atoms with Crippen LogP contribution in [0.4, 0.5) is 4.39 Å². The number of nitrogens with one attached hydrogen (secondary N) is 2. The summed E-state index contributed by atoms with van der Waals surface area (Å²) < 4.78 is 18.6. The highest BCUT2D eigenvalue weighted by molar-refractivity contribution is 5.83. The van der Waals surface area contributed by atoms with Gasteiger partial charge in [0.15, 0.2) is 0 Å². The average Bonchev–Trinajstić information content (AvgIpc) is 3.17. The molecule has 0 spiro atoms. The summed E-state index contributed by atoms with van der Waals surface area (Å²) in [5, 5.41) is 4.91. The minimum Gasteiger partial charge on any atom is -0.333 e. The highest BCUT2D eigenvalue weighted by Gasteiger charge is 2.15. The molecule has 9 heteroatoms. The van der Waals surface area contributed by atoms with Gasteiger partial charge in [0, 0.05) is 5.56 Å². The number of pyridine rings is 1. The Hall–Kier alpha value is -4.14. The van der Waals surface area contributed by atoms with Gasteiger partial charge >= 0.3 is 0 Å². The van der Waals surface area contributed by atoms with E-state index in [1.54, 1.807) is 30.3 Å². The van der Waals surface area contributed by atoms with Crippen molar-refractivity contribution in [3.63, 3.8) is 0 Å². The van der Waals surface area contributed by atoms with E-state index in [9.17, 15) is 14.0 Å². The van der Waals surface area contributed by atoms with Gasteiger partial charge in [-0.15, -0.1) is 0 Å². The smallest absolute Gasteiger partial charge is 0.263 e. The zero-order chi connectivity index (χ0) is 19.3. The molecule has 28 heavy (non-hydrogen) atoms. The van der Waals surface area contributed by atoms with Gasteiger partial charge in [0.25, 0.3) is 17.0 Å². The van der Waals surface area contributed by atoms with Gasteiger partial charge in [0.2, 0.25) is 5.82 Å². The number of H-pyrrole nitrogens is 2. The Kier molecular flexibility index (Phi) is 3.41. The largest absolute Gasteiger partial charge is 0.333 e. The molecule has 3 heterocycles. The van der Waals surface area contributed by atoms with Gasteiger partial charge in [-0.05, 0) is 47.9 Å². The van der Waals surface area contributed by atoms with Gasteiger partial charge in [-0.25, -0.2) is 9.37 Å². The summed E-state index contributed by atoms with van der Waals surface area (Å²) in [7, 11) is 0. The molecule has 136 valence electrons. The van der Waals surface area contributed by atoms with E-state index in [1.807, 2.05) is 0 Å². The predicted octanol–water partition coefficient (Wildman–Crippen LogP) is 2.62. The van der Waals surface area contributed by atoms with Crippen LogP contribution in [-0.2, 0) is 0 Å². The van der Waals surface area contributed by atoms with E-state index in [2.05, 4.69) is 25.1 Å². The van der Waals surface area contributed by atoms with E-state index in [-0.39, 0.29) is 22.8 Å². The minimum atomic E-state index is -0.479. The van der Waals surface area contributed by atoms with Gasteiger partial charge in [0.1, 0.15) is 11.4 Å². The van der Waals surface area contributed by atoms with Gasteiger partial charge < -0.3 is 14.5 Å². The summed E-state index contributed by atoms with van der Waals surface area (Å²) in [5.41, 5.74) is 0.851. The van der Waals surface area contributed by atoms with Crippen LogP contribution < -0.4 is 11.1 Å². The van der Waals surface area contributed by atoms with E-state index in [0.717, 1.165) is 0 Å². The number of hydrogen-bond donors (Lipinski definition) is 2. The maximum absolute atomic E-state index is 13.3. The van der Waals surface area contributed by atoms with Crippen molar-refractivity contribution in [2.24, 2.45) is 0 Å². The summed E-state index contributed by atoms with van der Waals surface area (Å²) >= 11 is 0. The average molecular weight is 375 g/mol. The SMILES string of the molecule is O=c1[nH]c2cc(F)ccc2cc1-c1nc(-c2ccc3nc[nH]c(=O)c3c2)no1. The van der Waals surface area contributed by atoms with Gasteiger partial charge in [0.05, 0.1) is 22.7 Å². The fraction of sp³-hybridized carbons (Fsp3) is 0. The zero-order valence-corrected chi connectivity index (χ0v) is 14.1. The number of aromatic nitrogens is 5. The quantitative estimate of drug-likeness (QED) is 0.490. The second kappa shape index (κ2) is 5.95. The topological polar surface area (TPSA) is 118 Å². The first-order chi connectivity index (χ1) is 13.6. The molecule has 0 atom stereocenters. The second-order valence-electron chi connectivity index (χ2n) is 6.13. The lowest BCUT2D eigenvalue weighted by Crippen LogP contribution is -2.09. The van der Waals surface area contributed by atoms with E-state index in [1.165, 1.54) is 18.5 Å². The first-order valence-corrected chi connectivity index (χ1v) is 8.23. The molecule has 0 bridgehead atoms. The Balaban J connectivity index is 1.62. The number of benzene rings is 2. The molecule has 0 fully saturated rings. The molecule has 5 rings (SSSR count). The van der Waals surface area contributed by atoms with Crippen LogP contribution in [0.1, 0.15) is 0 Å². The van der Waals surface area contributed by atoms with Crippen molar-refractivity contribution in [2.45, 2.75) is 0 Å². The lowest BCUT2D eigenvalue weighted by atomic mass is 10.1. The van der Waals surface area contributed by atoms with Crippen molar-refractivity contribution in [1.82, 2.24) is 25.1 Å². The summed E-state index contributed by atoms with van der Waals surface area (Å²) in [6, 6.07) is 10.6. The van der Waals surface area contributed by atoms with Crippen molar-refractivity contribution in [2.75, 3.05) is 0 Å². The van der Waals surface area contributed by atoms with Crippen molar-refractivity contribution in [3.05, 3.63) is 75.3 Å². The molecule has 3 aromatic heterocycles. The third-order valence-electron chi connectivity index (χ3n) is 4.36. The van der Waals surface area contributed by atoms with E-state index in [4.69, 9.17) is 4.52 Å². The van der Waals surface area contributed by atoms with Crippen LogP contribution in [0.25, 0.3) is 44.6 Å². The molecule has 2 aromatic carbocycles. The number of halogens is 1. The van der Waals surface area contributed by atoms with E-state index < -0.39 is 11.4 Å². The number of aromatic amines is 2. The van der Waals surface area contributed by atoms with Crippen LogP contribution >= 0.6 is 0 Å². The summed E-state index contributed by atoms with van der Waals surface area (Å²) in [6.45, 7) is 0. The van der Waals surface area contributed by atoms with Gasteiger partial charge in [-0.2, -0.15) is 4.98 Å². The Morgan fingerprint density at radius 1 is 1.00 bits per heavy atom. The highest BCUT2D eigenvalue weighted by Crippen LogP contribution is 2.24. The minimum absolute atomic E-state index is 0.0164. The van der Waals surface area contributed by atoms with Crippen LogP contribution in [0.5, 0.6) is 0 Å². The molecular weight excluding hydrogens is 365 g/mol. The van der Waals surface area contributed by atoms with E-state index >= 15 is 0 Å². The molecule has 0 unspecified atom stereocenters. The van der Waals surface area contributed by atoms with Crippen LogP contribution in [-0.4, -0.2) is 25.1 Å². The third-order valence-corrected chi connectivity index (χ3v) is 4.36. The number of nitrogens with zero attached hydrogens (tertiary/aromatic N) is 3. The lowest BCUT2D eigenvalue weighted by Gasteiger charge is -2.00. The Bertz CT molecular complexity index is 1480. The van der Waals surface area contributed by atoms with Crippen LogP contribution in [0.15, 0.2) is 62.9 Å². The standard InChI is InChI=1S/C19H10FN5O3/c20-11-3-1-9-5-13(18(27)23-15(9)7-11)19-24-16(25-28-19)10-2-4-14-12(6-10)17(26)22-8-21-14/h1-8H,(H,23,27)(H,21,22,26). The molecular formula is C19H10FN5O3. The first-order valence-electron chi connectivity index (χ1n) is 8.23. The summed E-state index contributed by atoms with van der Waals surface area (Å²) in [4.78, 5) is 37.8. The van der Waals surface area contributed by atoms with Gasteiger partial charge in [-0.3, -0.25) is 9.59 Å². The van der Waals surface area contributed by atoms with Crippen molar-refractivity contribution in [1.29, 1.82) is 0 Å². The highest BCUT2D eigenvalue weighted by atomic mass is 19.1.